The lowest BCUT2D eigenvalue weighted by atomic mass is 10.2. The van der Waals surface area contributed by atoms with E-state index in [9.17, 15) is 4.79 Å². The Morgan fingerprint density at radius 2 is 2.31 bits per heavy atom. The second kappa shape index (κ2) is 6.22. The van der Waals surface area contributed by atoms with Crippen LogP contribution in [-0.2, 0) is 16.1 Å². The first kappa shape index (κ1) is 12.6. The zero-order valence-electron chi connectivity index (χ0n) is 9.59. The highest BCUT2D eigenvalue weighted by Crippen LogP contribution is 2.08. The number of aliphatic carboxylic acids is 1. The van der Waals surface area contributed by atoms with E-state index >= 15 is 0 Å². The van der Waals surface area contributed by atoms with E-state index in [-0.39, 0.29) is 13.0 Å². The molecule has 1 aromatic heterocycles. The molecule has 16 heavy (non-hydrogen) atoms. The summed E-state index contributed by atoms with van der Waals surface area (Å²) in [7, 11) is 0. The SMILES string of the molecule is CC(C)c1cn(CCOCCC(=O)O)nn1. The summed E-state index contributed by atoms with van der Waals surface area (Å²) >= 11 is 0. The molecule has 0 unspecified atom stereocenters. The van der Waals surface area contributed by atoms with Crippen molar-refractivity contribution in [2.24, 2.45) is 0 Å². The van der Waals surface area contributed by atoms with Gasteiger partial charge in [-0.25, -0.2) is 4.68 Å². The fourth-order valence-corrected chi connectivity index (χ4v) is 1.11. The van der Waals surface area contributed by atoms with E-state index in [1.165, 1.54) is 0 Å². The van der Waals surface area contributed by atoms with Gasteiger partial charge in [0.15, 0.2) is 0 Å². The molecular formula is C10H17N3O3. The van der Waals surface area contributed by atoms with Gasteiger partial charge in [0.05, 0.1) is 31.9 Å². The molecule has 0 aliphatic heterocycles. The van der Waals surface area contributed by atoms with E-state index in [1.807, 2.05) is 6.20 Å². The van der Waals surface area contributed by atoms with Gasteiger partial charge in [0.1, 0.15) is 0 Å². The van der Waals surface area contributed by atoms with Gasteiger partial charge in [-0.3, -0.25) is 4.79 Å². The van der Waals surface area contributed by atoms with Crippen molar-refractivity contribution >= 4 is 5.97 Å². The van der Waals surface area contributed by atoms with Crippen LogP contribution in [0, 0.1) is 0 Å². The molecule has 1 rings (SSSR count). The third-order valence-corrected chi connectivity index (χ3v) is 2.07. The first-order valence-electron chi connectivity index (χ1n) is 5.29. The Morgan fingerprint density at radius 3 is 2.88 bits per heavy atom. The number of carboxylic acids is 1. The van der Waals surface area contributed by atoms with Gasteiger partial charge in [0.25, 0.3) is 0 Å². The molecule has 0 aliphatic carbocycles. The van der Waals surface area contributed by atoms with Crippen molar-refractivity contribution in [3.63, 3.8) is 0 Å². The molecule has 0 radical (unpaired) electrons. The highest BCUT2D eigenvalue weighted by molar-refractivity contribution is 5.66. The Kier molecular flexibility index (Phi) is 4.91. The number of hydrogen-bond donors (Lipinski definition) is 1. The highest BCUT2D eigenvalue weighted by atomic mass is 16.5. The van der Waals surface area contributed by atoms with Crippen molar-refractivity contribution < 1.29 is 14.6 Å². The molecule has 1 aromatic rings. The van der Waals surface area contributed by atoms with Crippen LogP contribution in [0.2, 0.25) is 0 Å². The Hall–Kier alpha value is -1.43. The van der Waals surface area contributed by atoms with Gasteiger partial charge in [-0.2, -0.15) is 0 Å². The lowest BCUT2D eigenvalue weighted by Gasteiger charge is -2.01. The number of aromatic nitrogens is 3. The van der Waals surface area contributed by atoms with Crippen molar-refractivity contribution in [1.29, 1.82) is 0 Å². The lowest BCUT2D eigenvalue weighted by Crippen LogP contribution is -2.09. The van der Waals surface area contributed by atoms with Crippen LogP contribution in [0.4, 0.5) is 0 Å². The molecule has 90 valence electrons. The lowest BCUT2D eigenvalue weighted by molar-refractivity contribution is -0.138. The number of ether oxygens (including phenoxy) is 1. The summed E-state index contributed by atoms with van der Waals surface area (Å²) < 4.78 is 6.85. The van der Waals surface area contributed by atoms with Crippen molar-refractivity contribution in [2.45, 2.75) is 32.7 Å². The van der Waals surface area contributed by atoms with E-state index in [1.54, 1.807) is 4.68 Å². The minimum absolute atomic E-state index is 0.0363. The fourth-order valence-electron chi connectivity index (χ4n) is 1.11. The van der Waals surface area contributed by atoms with E-state index < -0.39 is 5.97 Å². The van der Waals surface area contributed by atoms with E-state index in [0.29, 0.717) is 19.1 Å². The molecule has 1 heterocycles. The molecule has 0 saturated heterocycles. The molecule has 0 fully saturated rings. The van der Waals surface area contributed by atoms with Crippen LogP contribution in [0.25, 0.3) is 0 Å². The van der Waals surface area contributed by atoms with Gasteiger partial charge >= 0.3 is 5.97 Å². The Labute approximate surface area is 94.2 Å². The summed E-state index contributed by atoms with van der Waals surface area (Å²) in [5.74, 6) is -0.482. The number of carbonyl (C=O) groups is 1. The standard InChI is InChI=1S/C10H17N3O3/c1-8(2)9-7-13(12-11-9)4-6-16-5-3-10(14)15/h7-8H,3-6H2,1-2H3,(H,14,15). The van der Waals surface area contributed by atoms with Crippen molar-refractivity contribution in [3.05, 3.63) is 11.9 Å². The number of carboxylic acid groups (broad SMARTS) is 1. The van der Waals surface area contributed by atoms with Crippen molar-refractivity contribution in [3.8, 4) is 0 Å². The van der Waals surface area contributed by atoms with Gasteiger partial charge in [-0.15, -0.1) is 5.10 Å². The van der Waals surface area contributed by atoms with Gasteiger partial charge in [0, 0.05) is 6.20 Å². The van der Waals surface area contributed by atoms with Gasteiger partial charge < -0.3 is 9.84 Å². The predicted octanol–water partition coefficient (Wildman–Crippen LogP) is 0.893. The van der Waals surface area contributed by atoms with Crippen molar-refractivity contribution in [1.82, 2.24) is 15.0 Å². The topological polar surface area (TPSA) is 77.2 Å². The molecule has 0 aromatic carbocycles. The van der Waals surface area contributed by atoms with Crippen LogP contribution >= 0.6 is 0 Å². The van der Waals surface area contributed by atoms with Crippen LogP contribution < -0.4 is 0 Å². The summed E-state index contributed by atoms with van der Waals surface area (Å²) in [5, 5.41) is 16.3. The summed E-state index contributed by atoms with van der Waals surface area (Å²) in [6, 6.07) is 0. The summed E-state index contributed by atoms with van der Waals surface area (Å²) in [6.07, 6.45) is 1.92. The molecule has 1 N–H and O–H groups in total. The summed E-state index contributed by atoms with van der Waals surface area (Å²) in [5.41, 5.74) is 0.950. The largest absolute Gasteiger partial charge is 0.481 e. The molecule has 6 heteroatoms. The summed E-state index contributed by atoms with van der Waals surface area (Å²) in [6.45, 7) is 5.39. The zero-order valence-corrected chi connectivity index (χ0v) is 9.59. The minimum atomic E-state index is -0.845. The second-order valence-corrected chi connectivity index (χ2v) is 3.82. The van der Waals surface area contributed by atoms with Crippen LogP contribution in [0.1, 0.15) is 31.9 Å². The Balaban J connectivity index is 2.19. The maximum Gasteiger partial charge on any atom is 0.305 e. The second-order valence-electron chi connectivity index (χ2n) is 3.82. The average molecular weight is 227 g/mol. The number of rotatable bonds is 7. The van der Waals surface area contributed by atoms with E-state index in [4.69, 9.17) is 9.84 Å². The first-order chi connectivity index (χ1) is 7.59. The minimum Gasteiger partial charge on any atom is -0.481 e. The molecule has 0 amide bonds. The van der Waals surface area contributed by atoms with E-state index in [2.05, 4.69) is 24.2 Å². The first-order valence-corrected chi connectivity index (χ1v) is 5.29. The molecule has 0 saturated carbocycles. The maximum atomic E-state index is 10.2. The zero-order chi connectivity index (χ0) is 12.0. The smallest absolute Gasteiger partial charge is 0.305 e. The van der Waals surface area contributed by atoms with Crippen LogP contribution in [0.3, 0.4) is 0 Å². The molecular weight excluding hydrogens is 210 g/mol. The maximum absolute atomic E-state index is 10.2. The Morgan fingerprint density at radius 1 is 1.56 bits per heavy atom. The number of nitrogens with zero attached hydrogens (tertiary/aromatic N) is 3. The van der Waals surface area contributed by atoms with Crippen molar-refractivity contribution in [2.75, 3.05) is 13.2 Å². The normalized spacial score (nSPS) is 10.9. The third kappa shape index (κ3) is 4.39. The molecule has 0 spiro atoms. The monoisotopic (exact) mass is 227 g/mol. The molecule has 0 atom stereocenters. The predicted molar refractivity (Wildman–Crippen MR) is 57.2 cm³/mol. The summed E-state index contributed by atoms with van der Waals surface area (Å²) in [4.78, 5) is 10.2. The average Bonchev–Trinajstić information content (AvgIpc) is 2.65. The van der Waals surface area contributed by atoms with Gasteiger partial charge in [-0.1, -0.05) is 19.1 Å². The van der Waals surface area contributed by atoms with Crippen LogP contribution in [0.15, 0.2) is 6.20 Å². The van der Waals surface area contributed by atoms with Crippen LogP contribution in [0.5, 0.6) is 0 Å². The number of hydrogen-bond acceptors (Lipinski definition) is 4. The van der Waals surface area contributed by atoms with Gasteiger partial charge in [-0.05, 0) is 5.92 Å². The Bertz CT molecular complexity index is 336. The molecule has 0 bridgehead atoms. The van der Waals surface area contributed by atoms with Crippen LogP contribution in [-0.4, -0.2) is 39.3 Å². The molecule has 0 aliphatic rings. The third-order valence-electron chi connectivity index (χ3n) is 2.07. The highest BCUT2D eigenvalue weighted by Gasteiger charge is 2.04. The fraction of sp³-hybridized carbons (Fsp3) is 0.700. The van der Waals surface area contributed by atoms with Gasteiger partial charge in [0.2, 0.25) is 0 Å². The quantitative estimate of drug-likeness (QED) is 0.700. The van der Waals surface area contributed by atoms with E-state index in [0.717, 1.165) is 5.69 Å². The molecule has 6 nitrogen and oxygen atoms in total.